The van der Waals surface area contributed by atoms with Crippen LogP contribution >= 0.6 is 23.2 Å². The number of aromatic amines is 1. The van der Waals surface area contributed by atoms with E-state index < -0.39 is 0 Å². The minimum atomic E-state index is -0.136. The van der Waals surface area contributed by atoms with Crippen LogP contribution in [0.1, 0.15) is 20.8 Å². The summed E-state index contributed by atoms with van der Waals surface area (Å²) in [5.74, 6) is 0.0501. The van der Waals surface area contributed by atoms with Crippen LogP contribution in [0.4, 0.5) is 5.82 Å². The molecule has 1 aliphatic heterocycles. The van der Waals surface area contributed by atoms with Gasteiger partial charge in [0, 0.05) is 48.8 Å². The summed E-state index contributed by atoms with van der Waals surface area (Å²) in [6.07, 6.45) is 1.51. The molecule has 0 unspecified atom stereocenters. The first-order chi connectivity index (χ1) is 13.4. The number of pyridine rings is 1. The summed E-state index contributed by atoms with van der Waals surface area (Å²) in [7, 11) is 0. The van der Waals surface area contributed by atoms with Crippen LogP contribution in [0.5, 0.6) is 0 Å². The Morgan fingerprint density at radius 3 is 2.36 bits per heavy atom. The molecule has 1 aromatic carbocycles. The number of piperazine rings is 1. The molecule has 3 N–H and O–H groups in total. The Morgan fingerprint density at radius 2 is 1.68 bits per heavy atom. The van der Waals surface area contributed by atoms with E-state index >= 15 is 0 Å². The molecular weight excluding hydrogens is 401 g/mol. The molecule has 2 aromatic heterocycles. The number of nitrogen functional groups attached to an aromatic ring is 1. The Kier molecular flexibility index (Phi) is 4.87. The number of nitrogens with zero attached hydrogens (tertiary/aromatic N) is 3. The molecule has 0 radical (unpaired) electrons. The summed E-state index contributed by atoms with van der Waals surface area (Å²) in [6.45, 7) is 1.77. The van der Waals surface area contributed by atoms with Crippen LogP contribution in [0, 0.1) is 0 Å². The van der Waals surface area contributed by atoms with Crippen LogP contribution in [-0.2, 0) is 0 Å². The molecule has 7 nitrogen and oxygen atoms in total. The molecule has 9 heteroatoms. The molecule has 0 saturated carbocycles. The fourth-order valence-electron chi connectivity index (χ4n) is 3.30. The van der Waals surface area contributed by atoms with Gasteiger partial charge >= 0.3 is 0 Å². The van der Waals surface area contributed by atoms with E-state index in [2.05, 4.69) is 9.97 Å². The van der Waals surface area contributed by atoms with Crippen LogP contribution in [0.2, 0.25) is 10.0 Å². The predicted octanol–water partition coefficient (Wildman–Crippen LogP) is 3.05. The molecule has 3 aromatic rings. The monoisotopic (exact) mass is 417 g/mol. The van der Waals surface area contributed by atoms with Gasteiger partial charge in [0.1, 0.15) is 11.5 Å². The highest BCUT2D eigenvalue weighted by Crippen LogP contribution is 2.31. The Balaban J connectivity index is 1.45. The number of fused-ring (bicyclic) bond motifs is 1. The lowest BCUT2D eigenvalue weighted by Crippen LogP contribution is -2.50. The number of benzene rings is 1. The van der Waals surface area contributed by atoms with Crippen LogP contribution < -0.4 is 5.73 Å². The second-order valence-electron chi connectivity index (χ2n) is 6.56. The third-order valence-corrected chi connectivity index (χ3v) is 5.62. The topological polar surface area (TPSA) is 95.3 Å². The number of anilines is 1. The highest BCUT2D eigenvalue weighted by molar-refractivity contribution is 6.45. The van der Waals surface area contributed by atoms with Crippen molar-refractivity contribution >= 4 is 51.7 Å². The molecule has 0 bridgehead atoms. The van der Waals surface area contributed by atoms with Crippen LogP contribution in [0.15, 0.2) is 36.5 Å². The summed E-state index contributed by atoms with van der Waals surface area (Å²) >= 11 is 12.3. The molecule has 0 atom stereocenters. The molecule has 1 fully saturated rings. The van der Waals surface area contributed by atoms with Crippen molar-refractivity contribution < 1.29 is 9.59 Å². The van der Waals surface area contributed by atoms with Gasteiger partial charge in [-0.25, -0.2) is 4.98 Å². The Bertz CT molecular complexity index is 1070. The number of H-pyrrole nitrogens is 1. The van der Waals surface area contributed by atoms with E-state index in [9.17, 15) is 9.59 Å². The van der Waals surface area contributed by atoms with Crippen LogP contribution in [-0.4, -0.2) is 57.8 Å². The molecule has 3 heterocycles. The van der Waals surface area contributed by atoms with Crippen molar-refractivity contribution in [1.82, 2.24) is 19.8 Å². The number of hydrogen-bond acceptors (Lipinski definition) is 4. The van der Waals surface area contributed by atoms with Crippen molar-refractivity contribution in [2.45, 2.75) is 0 Å². The third-order valence-electron chi connectivity index (χ3n) is 4.80. The van der Waals surface area contributed by atoms with Crippen molar-refractivity contribution in [2.75, 3.05) is 31.9 Å². The Labute approximate surface area is 171 Å². The van der Waals surface area contributed by atoms with E-state index in [1.165, 1.54) is 6.20 Å². The summed E-state index contributed by atoms with van der Waals surface area (Å²) < 4.78 is 0. The van der Waals surface area contributed by atoms with Gasteiger partial charge in [0.2, 0.25) is 0 Å². The lowest BCUT2D eigenvalue weighted by Gasteiger charge is -2.34. The number of nitrogens with two attached hydrogens (primary N) is 1. The quantitative estimate of drug-likeness (QED) is 0.669. The zero-order valence-electron chi connectivity index (χ0n) is 14.8. The molecule has 2 amide bonds. The van der Waals surface area contributed by atoms with Crippen LogP contribution in [0.25, 0.3) is 10.9 Å². The van der Waals surface area contributed by atoms with E-state index in [-0.39, 0.29) is 11.8 Å². The number of carbonyl (C=O) groups excluding carboxylic acids is 2. The van der Waals surface area contributed by atoms with Crippen molar-refractivity contribution in [3.8, 4) is 0 Å². The first kappa shape index (κ1) is 18.6. The average Bonchev–Trinajstić information content (AvgIpc) is 3.15. The maximum absolute atomic E-state index is 12.8. The number of amides is 2. The SMILES string of the molecule is Nc1cc(C(=O)N2CCN(C(=O)c3cc4c(Cl)c(Cl)ccc4[nH]3)CC2)ccn1. The highest BCUT2D eigenvalue weighted by atomic mass is 35.5. The first-order valence-corrected chi connectivity index (χ1v) is 9.46. The summed E-state index contributed by atoms with van der Waals surface area (Å²) in [5, 5.41) is 1.57. The van der Waals surface area contributed by atoms with Crippen LogP contribution in [0.3, 0.4) is 0 Å². The van der Waals surface area contributed by atoms with Crippen molar-refractivity contribution in [2.24, 2.45) is 0 Å². The number of rotatable bonds is 2. The number of halogens is 2. The summed E-state index contributed by atoms with van der Waals surface area (Å²) in [4.78, 5) is 35.8. The Morgan fingerprint density at radius 1 is 1.00 bits per heavy atom. The van der Waals surface area contributed by atoms with Gasteiger partial charge in [-0.05, 0) is 30.3 Å². The number of hydrogen-bond donors (Lipinski definition) is 2. The molecule has 28 heavy (non-hydrogen) atoms. The lowest BCUT2D eigenvalue weighted by molar-refractivity contribution is 0.0533. The molecule has 144 valence electrons. The minimum Gasteiger partial charge on any atom is -0.384 e. The summed E-state index contributed by atoms with van der Waals surface area (Å²) in [5.41, 5.74) is 7.34. The fourth-order valence-corrected chi connectivity index (χ4v) is 3.69. The van der Waals surface area contributed by atoms with Crippen molar-refractivity contribution in [3.63, 3.8) is 0 Å². The zero-order chi connectivity index (χ0) is 19.8. The fraction of sp³-hybridized carbons (Fsp3) is 0.211. The van der Waals surface area contributed by atoms with E-state index in [0.29, 0.717) is 58.7 Å². The van der Waals surface area contributed by atoms with Gasteiger partial charge in [0.15, 0.2) is 0 Å². The van der Waals surface area contributed by atoms with Crippen molar-refractivity contribution in [1.29, 1.82) is 0 Å². The minimum absolute atomic E-state index is 0.117. The van der Waals surface area contributed by atoms with Gasteiger partial charge in [0.05, 0.1) is 10.0 Å². The largest absolute Gasteiger partial charge is 0.384 e. The third kappa shape index (κ3) is 3.39. The molecule has 1 saturated heterocycles. The molecule has 1 aliphatic rings. The normalized spacial score (nSPS) is 14.5. The van der Waals surface area contributed by atoms with E-state index in [0.717, 1.165) is 5.52 Å². The second kappa shape index (κ2) is 7.33. The average molecular weight is 418 g/mol. The van der Waals surface area contributed by atoms with Gasteiger partial charge in [-0.3, -0.25) is 9.59 Å². The first-order valence-electron chi connectivity index (χ1n) is 8.71. The van der Waals surface area contributed by atoms with Gasteiger partial charge in [-0.2, -0.15) is 0 Å². The number of aromatic nitrogens is 2. The summed E-state index contributed by atoms with van der Waals surface area (Å²) in [6, 6.07) is 8.38. The van der Waals surface area contributed by atoms with Gasteiger partial charge in [-0.15, -0.1) is 0 Å². The molecule has 0 aliphatic carbocycles. The smallest absolute Gasteiger partial charge is 0.270 e. The second-order valence-corrected chi connectivity index (χ2v) is 7.34. The predicted molar refractivity (Wildman–Crippen MR) is 109 cm³/mol. The van der Waals surface area contributed by atoms with E-state index in [1.807, 2.05) is 0 Å². The number of nitrogens with one attached hydrogen (secondary N) is 1. The molecule has 4 rings (SSSR count). The van der Waals surface area contributed by atoms with E-state index in [1.54, 1.807) is 40.1 Å². The van der Waals surface area contributed by atoms with Gasteiger partial charge in [0.25, 0.3) is 11.8 Å². The standard InChI is InChI=1S/C19H17Cl2N5O2/c20-13-1-2-14-12(17(13)21)10-15(24-14)19(28)26-7-5-25(6-8-26)18(27)11-3-4-23-16(22)9-11/h1-4,9-10,24H,5-8H2,(H2,22,23). The maximum Gasteiger partial charge on any atom is 0.270 e. The van der Waals surface area contributed by atoms with Gasteiger partial charge < -0.3 is 20.5 Å². The lowest BCUT2D eigenvalue weighted by atomic mass is 10.2. The van der Waals surface area contributed by atoms with E-state index in [4.69, 9.17) is 28.9 Å². The highest BCUT2D eigenvalue weighted by Gasteiger charge is 2.26. The van der Waals surface area contributed by atoms with Crippen molar-refractivity contribution in [3.05, 3.63) is 57.8 Å². The zero-order valence-corrected chi connectivity index (χ0v) is 16.3. The maximum atomic E-state index is 12.8. The Hall–Kier alpha value is -2.77. The molecular formula is C19H17Cl2N5O2. The molecule has 0 spiro atoms. The number of carbonyl (C=O) groups is 2. The van der Waals surface area contributed by atoms with Gasteiger partial charge in [-0.1, -0.05) is 23.2 Å².